The van der Waals surface area contributed by atoms with Crippen LogP contribution in [0.5, 0.6) is 0 Å². The Bertz CT molecular complexity index is 942. The maximum absolute atomic E-state index is 12.4. The van der Waals surface area contributed by atoms with Crippen molar-refractivity contribution in [3.8, 4) is 0 Å². The van der Waals surface area contributed by atoms with Crippen LogP contribution in [0.3, 0.4) is 0 Å². The van der Waals surface area contributed by atoms with Crippen LogP contribution in [0.4, 0.5) is 23.0 Å². The van der Waals surface area contributed by atoms with E-state index in [0.717, 1.165) is 5.69 Å². The summed E-state index contributed by atoms with van der Waals surface area (Å²) >= 11 is 0. The number of anilines is 4. The molecule has 2 aromatic carbocycles. The Morgan fingerprint density at radius 1 is 0.889 bits per heavy atom. The van der Waals surface area contributed by atoms with E-state index in [1.54, 1.807) is 24.3 Å². The second kappa shape index (κ2) is 8.09. The molecule has 2 amide bonds. The predicted molar refractivity (Wildman–Crippen MR) is 105 cm³/mol. The number of hydrogen-bond donors (Lipinski definition) is 2. The number of hydrogen-bond acceptors (Lipinski definition) is 5. The number of carbonyl (C=O) groups excluding carboxylic acids is 2. The topological polar surface area (TPSA) is 87.2 Å². The maximum Gasteiger partial charge on any atom is 0.258 e. The molecular formula is C20H19N5O2. The Morgan fingerprint density at radius 3 is 2.15 bits per heavy atom. The lowest BCUT2D eigenvalue weighted by Crippen LogP contribution is -2.16. The van der Waals surface area contributed by atoms with Crippen LogP contribution < -0.4 is 15.5 Å². The van der Waals surface area contributed by atoms with Gasteiger partial charge in [-0.2, -0.15) is 0 Å². The molecule has 0 bridgehead atoms. The third-order valence-electron chi connectivity index (χ3n) is 3.78. The molecule has 27 heavy (non-hydrogen) atoms. The van der Waals surface area contributed by atoms with Gasteiger partial charge in [0.2, 0.25) is 11.9 Å². The highest BCUT2D eigenvalue weighted by molar-refractivity contribution is 6.04. The van der Waals surface area contributed by atoms with E-state index in [4.69, 9.17) is 0 Å². The van der Waals surface area contributed by atoms with Crippen LogP contribution in [0, 0.1) is 0 Å². The van der Waals surface area contributed by atoms with Crippen molar-refractivity contribution in [1.29, 1.82) is 0 Å². The lowest BCUT2D eigenvalue weighted by molar-refractivity contribution is -0.114. The minimum atomic E-state index is -0.330. The summed E-state index contributed by atoms with van der Waals surface area (Å²) in [5, 5.41) is 5.44. The summed E-state index contributed by atoms with van der Waals surface area (Å²) in [6, 6.07) is 16.6. The van der Waals surface area contributed by atoms with Gasteiger partial charge in [0.1, 0.15) is 0 Å². The van der Waals surface area contributed by atoms with E-state index in [2.05, 4.69) is 20.6 Å². The van der Waals surface area contributed by atoms with Gasteiger partial charge in [0.05, 0.1) is 5.56 Å². The number of nitrogens with zero attached hydrogens (tertiary/aromatic N) is 3. The Labute approximate surface area is 157 Å². The van der Waals surface area contributed by atoms with Crippen molar-refractivity contribution < 1.29 is 9.59 Å². The van der Waals surface area contributed by atoms with Gasteiger partial charge in [0, 0.05) is 43.4 Å². The zero-order valence-corrected chi connectivity index (χ0v) is 15.0. The Balaban J connectivity index is 1.70. The molecule has 3 rings (SSSR count). The first kappa shape index (κ1) is 18.1. The van der Waals surface area contributed by atoms with Gasteiger partial charge in [-0.1, -0.05) is 24.3 Å². The van der Waals surface area contributed by atoms with E-state index < -0.39 is 0 Å². The molecule has 0 aliphatic carbocycles. The molecule has 7 heteroatoms. The zero-order valence-electron chi connectivity index (χ0n) is 15.0. The largest absolute Gasteiger partial charge is 0.326 e. The third-order valence-corrected chi connectivity index (χ3v) is 3.78. The minimum Gasteiger partial charge on any atom is -0.326 e. The predicted octanol–water partition coefficient (Wildman–Crippen LogP) is 3.46. The van der Waals surface area contributed by atoms with E-state index in [1.165, 1.54) is 19.3 Å². The van der Waals surface area contributed by atoms with Crippen molar-refractivity contribution in [2.45, 2.75) is 6.92 Å². The van der Waals surface area contributed by atoms with Crippen molar-refractivity contribution in [2.24, 2.45) is 0 Å². The molecule has 0 saturated carbocycles. The van der Waals surface area contributed by atoms with Crippen LogP contribution in [-0.2, 0) is 4.79 Å². The van der Waals surface area contributed by atoms with Crippen molar-refractivity contribution >= 4 is 34.8 Å². The Kier molecular flexibility index (Phi) is 5.41. The summed E-state index contributed by atoms with van der Waals surface area (Å²) in [6.07, 6.45) is 2.96. The van der Waals surface area contributed by atoms with Crippen LogP contribution in [0.25, 0.3) is 0 Å². The molecule has 2 N–H and O–H groups in total. The molecule has 0 saturated heterocycles. The number of benzene rings is 2. The minimum absolute atomic E-state index is 0.176. The molecule has 3 aromatic rings. The number of aromatic nitrogens is 2. The van der Waals surface area contributed by atoms with Crippen LogP contribution in [0.15, 0.2) is 67.0 Å². The summed E-state index contributed by atoms with van der Waals surface area (Å²) in [6.45, 7) is 1.43. The molecular weight excluding hydrogens is 342 g/mol. The van der Waals surface area contributed by atoms with Gasteiger partial charge in [0.15, 0.2) is 0 Å². The van der Waals surface area contributed by atoms with Gasteiger partial charge < -0.3 is 15.5 Å². The summed E-state index contributed by atoms with van der Waals surface area (Å²) < 4.78 is 0. The molecule has 0 aliphatic heterocycles. The van der Waals surface area contributed by atoms with Gasteiger partial charge in [-0.05, 0) is 30.3 Å². The second-order valence-corrected chi connectivity index (χ2v) is 5.88. The fraction of sp³-hybridized carbons (Fsp3) is 0.100. The van der Waals surface area contributed by atoms with Crippen molar-refractivity contribution in [1.82, 2.24) is 9.97 Å². The smallest absolute Gasteiger partial charge is 0.258 e. The highest BCUT2D eigenvalue weighted by Crippen LogP contribution is 2.19. The summed E-state index contributed by atoms with van der Waals surface area (Å²) in [4.78, 5) is 33.9. The summed E-state index contributed by atoms with van der Waals surface area (Å²) in [7, 11) is 1.86. The molecule has 7 nitrogen and oxygen atoms in total. The van der Waals surface area contributed by atoms with E-state index in [9.17, 15) is 9.59 Å². The van der Waals surface area contributed by atoms with E-state index in [1.807, 2.05) is 42.3 Å². The highest BCUT2D eigenvalue weighted by Gasteiger charge is 2.11. The second-order valence-electron chi connectivity index (χ2n) is 5.88. The molecule has 0 aliphatic rings. The van der Waals surface area contributed by atoms with Crippen LogP contribution in [0.2, 0.25) is 0 Å². The fourth-order valence-corrected chi connectivity index (χ4v) is 2.46. The molecule has 0 spiro atoms. The molecule has 0 radical (unpaired) electrons. The first-order chi connectivity index (χ1) is 13.0. The molecule has 1 heterocycles. The first-order valence-corrected chi connectivity index (χ1v) is 8.33. The lowest BCUT2D eigenvalue weighted by atomic mass is 10.2. The number of para-hydroxylation sites is 1. The Morgan fingerprint density at radius 2 is 1.52 bits per heavy atom. The van der Waals surface area contributed by atoms with Crippen LogP contribution in [0.1, 0.15) is 17.3 Å². The molecule has 1 aromatic heterocycles. The van der Waals surface area contributed by atoms with E-state index in [-0.39, 0.29) is 11.8 Å². The molecule has 0 atom stereocenters. The van der Waals surface area contributed by atoms with Crippen molar-refractivity contribution in [2.75, 3.05) is 22.6 Å². The quantitative estimate of drug-likeness (QED) is 0.727. The van der Waals surface area contributed by atoms with Crippen molar-refractivity contribution in [3.05, 3.63) is 72.6 Å². The normalized spacial score (nSPS) is 10.1. The van der Waals surface area contributed by atoms with Gasteiger partial charge in [-0.15, -0.1) is 0 Å². The average Bonchev–Trinajstić information content (AvgIpc) is 2.68. The number of carbonyl (C=O) groups is 2. The van der Waals surface area contributed by atoms with E-state index >= 15 is 0 Å². The SMILES string of the molecule is CC(=O)Nc1cccc(NC(=O)c2cnc(N(C)c3ccccc3)nc2)c1. The van der Waals surface area contributed by atoms with Gasteiger partial charge in [-0.25, -0.2) is 9.97 Å². The van der Waals surface area contributed by atoms with E-state index in [0.29, 0.717) is 22.9 Å². The van der Waals surface area contributed by atoms with Crippen LogP contribution >= 0.6 is 0 Å². The van der Waals surface area contributed by atoms with Gasteiger partial charge in [0.25, 0.3) is 5.91 Å². The standard InChI is InChI=1S/C20H19N5O2/c1-14(26)23-16-7-6-8-17(11-16)24-19(27)15-12-21-20(22-13-15)25(2)18-9-4-3-5-10-18/h3-13H,1-2H3,(H,23,26)(H,24,27). The molecule has 136 valence electrons. The average molecular weight is 361 g/mol. The first-order valence-electron chi connectivity index (χ1n) is 8.33. The molecule has 0 unspecified atom stereocenters. The highest BCUT2D eigenvalue weighted by atomic mass is 16.2. The lowest BCUT2D eigenvalue weighted by Gasteiger charge is -2.16. The fourth-order valence-electron chi connectivity index (χ4n) is 2.46. The zero-order chi connectivity index (χ0) is 19.2. The van der Waals surface area contributed by atoms with Gasteiger partial charge >= 0.3 is 0 Å². The number of amides is 2. The molecule has 0 fully saturated rings. The van der Waals surface area contributed by atoms with Crippen LogP contribution in [-0.4, -0.2) is 28.8 Å². The number of rotatable bonds is 5. The summed E-state index contributed by atoms with van der Waals surface area (Å²) in [5.41, 5.74) is 2.46. The number of nitrogens with one attached hydrogen (secondary N) is 2. The van der Waals surface area contributed by atoms with Crippen molar-refractivity contribution in [3.63, 3.8) is 0 Å². The van der Waals surface area contributed by atoms with Gasteiger partial charge in [-0.3, -0.25) is 9.59 Å². The Hall–Kier alpha value is -3.74. The summed E-state index contributed by atoms with van der Waals surface area (Å²) in [5.74, 6) is -0.0145. The third kappa shape index (κ3) is 4.66. The maximum atomic E-state index is 12.4. The monoisotopic (exact) mass is 361 g/mol.